The maximum Gasteiger partial charge on any atom is 0.334 e. The van der Waals surface area contributed by atoms with Gasteiger partial charge >= 0.3 is 5.97 Å². The Morgan fingerprint density at radius 3 is 2.92 bits per heavy atom. The molecule has 1 aliphatic rings. The number of hydrogen-bond donors (Lipinski definition) is 1. The van der Waals surface area contributed by atoms with Crippen LogP contribution < -0.4 is 9.64 Å². The lowest BCUT2D eigenvalue weighted by atomic mass is 10.2. The van der Waals surface area contributed by atoms with Crippen LogP contribution in [0, 0.1) is 6.92 Å². The van der Waals surface area contributed by atoms with Gasteiger partial charge in [0.25, 0.3) is 0 Å². The first-order valence-electron chi connectivity index (χ1n) is 7.84. The van der Waals surface area contributed by atoms with E-state index in [9.17, 15) is 4.79 Å². The maximum atomic E-state index is 11.1. The zero-order valence-corrected chi connectivity index (χ0v) is 13.5. The molecule has 24 heavy (non-hydrogen) atoms. The van der Waals surface area contributed by atoms with E-state index >= 15 is 0 Å². The summed E-state index contributed by atoms with van der Waals surface area (Å²) in [5.41, 5.74) is 3.14. The summed E-state index contributed by atoms with van der Waals surface area (Å²) in [5.74, 6) is -0.286. The Hall–Kier alpha value is -2.60. The molecule has 1 fully saturated rings. The number of carboxylic acids is 1. The van der Waals surface area contributed by atoms with Crippen LogP contribution in [-0.4, -0.2) is 41.9 Å². The number of nitrogens with zero attached hydrogens (tertiary/aromatic N) is 2. The summed E-state index contributed by atoms with van der Waals surface area (Å²) in [6.07, 6.45) is 2.56. The van der Waals surface area contributed by atoms with E-state index in [4.69, 9.17) is 14.6 Å². The van der Waals surface area contributed by atoms with Gasteiger partial charge in [0.15, 0.2) is 6.10 Å². The maximum absolute atomic E-state index is 11.1. The molecule has 0 aliphatic carbocycles. The third-order valence-electron chi connectivity index (χ3n) is 3.93. The average Bonchev–Trinajstić information content (AvgIpc) is 2.61. The van der Waals surface area contributed by atoms with Crippen molar-refractivity contribution in [2.45, 2.75) is 19.6 Å². The quantitative estimate of drug-likeness (QED) is 0.908. The van der Waals surface area contributed by atoms with Gasteiger partial charge in [0.2, 0.25) is 0 Å². The standard InChI is InChI=1S/C18H20N2O4/c1-13-2-4-14(5-3-13)12-24-16-8-15(9-19-10-16)20-6-7-23-17(11-20)18(21)22/h2-5,8-10,17H,6-7,11-12H2,1H3,(H,21,22). The first kappa shape index (κ1) is 16.3. The van der Waals surface area contributed by atoms with Crippen LogP contribution >= 0.6 is 0 Å². The predicted molar refractivity (Wildman–Crippen MR) is 89.3 cm³/mol. The van der Waals surface area contributed by atoms with Crippen LogP contribution in [0.25, 0.3) is 0 Å². The number of benzene rings is 1. The van der Waals surface area contributed by atoms with E-state index in [1.54, 1.807) is 12.4 Å². The van der Waals surface area contributed by atoms with Gasteiger partial charge in [-0.05, 0) is 12.5 Å². The van der Waals surface area contributed by atoms with Gasteiger partial charge in [0.1, 0.15) is 12.4 Å². The highest BCUT2D eigenvalue weighted by atomic mass is 16.5. The Morgan fingerprint density at radius 2 is 2.17 bits per heavy atom. The molecule has 0 radical (unpaired) electrons. The monoisotopic (exact) mass is 328 g/mol. The van der Waals surface area contributed by atoms with Gasteiger partial charge < -0.3 is 19.5 Å². The van der Waals surface area contributed by atoms with Gasteiger partial charge in [-0.1, -0.05) is 29.8 Å². The minimum Gasteiger partial charge on any atom is -0.487 e. The van der Waals surface area contributed by atoms with Gasteiger partial charge in [-0.3, -0.25) is 4.98 Å². The van der Waals surface area contributed by atoms with Crippen molar-refractivity contribution in [1.82, 2.24) is 4.98 Å². The summed E-state index contributed by atoms with van der Waals surface area (Å²) < 4.78 is 11.0. The number of carboxylic acid groups (broad SMARTS) is 1. The number of anilines is 1. The number of carbonyl (C=O) groups is 1. The Bertz CT molecular complexity index is 702. The number of morpholine rings is 1. The summed E-state index contributed by atoms with van der Waals surface area (Å²) >= 11 is 0. The number of pyridine rings is 1. The van der Waals surface area contributed by atoms with Crippen LogP contribution in [0.15, 0.2) is 42.7 Å². The van der Waals surface area contributed by atoms with E-state index in [1.165, 1.54) is 5.56 Å². The Kier molecular flexibility index (Phi) is 4.96. The smallest absolute Gasteiger partial charge is 0.334 e. The largest absolute Gasteiger partial charge is 0.487 e. The molecule has 1 saturated heterocycles. The molecule has 2 heterocycles. The highest BCUT2D eigenvalue weighted by molar-refractivity contribution is 5.73. The molecule has 126 valence electrons. The SMILES string of the molecule is Cc1ccc(COc2cncc(N3CCOC(C(=O)O)C3)c2)cc1. The second kappa shape index (κ2) is 7.31. The Morgan fingerprint density at radius 1 is 1.38 bits per heavy atom. The van der Waals surface area contributed by atoms with E-state index in [1.807, 2.05) is 42.2 Å². The summed E-state index contributed by atoms with van der Waals surface area (Å²) in [6, 6.07) is 10.0. The van der Waals surface area contributed by atoms with E-state index in [-0.39, 0.29) is 0 Å². The number of rotatable bonds is 5. The molecule has 3 rings (SSSR count). The fraction of sp³-hybridized carbons (Fsp3) is 0.333. The lowest BCUT2D eigenvalue weighted by molar-refractivity contribution is -0.150. The highest BCUT2D eigenvalue weighted by Gasteiger charge is 2.26. The molecule has 6 nitrogen and oxygen atoms in total. The van der Waals surface area contributed by atoms with E-state index < -0.39 is 12.1 Å². The second-order valence-corrected chi connectivity index (χ2v) is 5.80. The van der Waals surface area contributed by atoms with Gasteiger partial charge in [-0.2, -0.15) is 0 Å². The summed E-state index contributed by atoms with van der Waals surface area (Å²) in [5, 5.41) is 9.10. The van der Waals surface area contributed by atoms with Gasteiger partial charge in [-0.15, -0.1) is 0 Å². The van der Waals surface area contributed by atoms with Crippen molar-refractivity contribution >= 4 is 11.7 Å². The summed E-state index contributed by atoms with van der Waals surface area (Å²) in [7, 11) is 0. The lowest BCUT2D eigenvalue weighted by Gasteiger charge is -2.32. The van der Waals surface area contributed by atoms with Crippen LogP contribution in [0.4, 0.5) is 5.69 Å². The van der Waals surface area contributed by atoms with Gasteiger partial charge in [-0.25, -0.2) is 4.79 Å². The van der Waals surface area contributed by atoms with Crippen LogP contribution in [0.3, 0.4) is 0 Å². The number of aryl methyl sites for hydroxylation is 1. The molecule has 1 unspecified atom stereocenters. The molecule has 1 aromatic carbocycles. The van der Waals surface area contributed by atoms with Crippen molar-refractivity contribution in [3.63, 3.8) is 0 Å². The molecule has 0 amide bonds. The molecule has 1 aromatic heterocycles. The molecule has 1 aliphatic heterocycles. The number of aromatic nitrogens is 1. The van der Waals surface area contributed by atoms with Gasteiger partial charge in [0, 0.05) is 12.6 Å². The summed E-state index contributed by atoms with van der Waals surface area (Å²) in [4.78, 5) is 17.2. The number of aliphatic carboxylic acids is 1. The molecular weight excluding hydrogens is 308 g/mol. The Labute approximate surface area is 140 Å². The zero-order chi connectivity index (χ0) is 16.9. The molecule has 0 saturated carbocycles. The molecule has 1 N–H and O–H groups in total. The van der Waals surface area contributed by atoms with Crippen LogP contribution in [0.1, 0.15) is 11.1 Å². The van der Waals surface area contributed by atoms with Crippen molar-refractivity contribution in [1.29, 1.82) is 0 Å². The van der Waals surface area contributed by atoms with E-state index in [0.29, 0.717) is 32.1 Å². The molecule has 0 spiro atoms. The minimum absolute atomic E-state index is 0.304. The van der Waals surface area contributed by atoms with Crippen LogP contribution in [0.5, 0.6) is 5.75 Å². The number of hydrogen-bond acceptors (Lipinski definition) is 5. The topological polar surface area (TPSA) is 71.9 Å². The fourth-order valence-electron chi connectivity index (χ4n) is 2.54. The predicted octanol–water partition coefficient (Wildman–Crippen LogP) is 2.26. The van der Waals surface area contributed by atoms with Crippen molar-refractivity contribution in [2.75, 3.05) is 24.6 Å². The second-order valence-electron chi connectivity index (χ2n) is 5.80. The minimum atomic E-state index is -0.945. The highest BCUT2D eigenvalue weighted by Crippen LogP contribution is 2.22. The van der Waals surface area contributed by atoms with Crippen LogP contribution in [-0.2, 0) is 16.1 Å². The third kappa shape index (κ3) is 4.02. The van der Waals surface area contributed by atoms with E-state index in [0.717, 1.165) is 11.3 Å². The van der Waals surface area contributed by atoms with Crippen molar-refractivity contribution in [2.24, 2.45) is 0 Å². The van der Waals surface area contributed by atoms with Crippen molar-refractivity contribution in [3.05, 3.63) is 53.9 Å². The molecule has 2 aromatic rings. The first-order chi connectivity index (χ1) is 11.6. The van der Waals surface area contributed by atoms with E-state index in [2.05, 4.69) is 4.98 Å². The fourth-order valence-corrected chi connectivity index (χ4v) is 2.54. The summed E-state index contributed by atoms with van der Waals surface area (Å²) in [6.45, 7) is 3.83. The zero-order valence-electron chi connectivity index (χ0n) is 13.5. The van der Waals surface area contributed by atoms with Crippen molar-refractivity contribution in [3.8, 4) is 5.75 Å². The number of ether oxygens (including phenoxy) is 2. The molecule has 1 atom stereocenters. The Balaban J connectivity index is 1.65. The molecule has 0 bridgehead atoms. The van der Waals surface area contributed by atoms with Gasteiger partial charge in [0.05, 0.1) is 31.2 Å². The van der Waals surface area contributed by atoms with Crippen LogP contribution in [0.2, 0.25) is 0 Å². The normalized spacial score (nSPS) is 17.5. The average molecular weight is 328 g/mol. The molecular formula is C18H20N2O4. The third-order valence-corrected chi connectivity index (χ3v) is 3.93. The van der Waals surface area contributed by atoms with Crippen molar-refractivity contribution < 1.29 is 19.4 Å². The lowest BCUT2D eigenvalue weighted by Crippen LogP contribution is -2.46. The first-order valence-corrected chi connectivity index (χ1v) is 7.84. The molecule has 6 heteroatoms.